The number of fused-ring (bicyclic) bond motifs is 2. The molecule has 5 atom stereocenters. The van der Waals surface area contributed by atoms with Crippen molar-refractivity contribution in [1.29, 1.82) is 0 Å². The summed E-state index contributed by atoms with van der Waals surface area (Å²) < 4.78 is 52.4. The summed E-state index contributed by atoms with van der Waals surface area (Å²) in [5, 5.41) is 15.5. The van der Waals surface area contributed by atoms with E-state index < -0.39 is 34.4 Å². The van der Waals surface area contributed by atoms with E-state index in [0.717, 1.165) is 17.5 Å². The van der Waals surface area contributed by atoms with E-state index in [4.69, 9.17) is 18.6 Å². The van der Waals surface area contributed by atoms with Crippen molar-refractivity contribution in [2.75, 3.05) is 26.3 Å². The second-order valence-corrected chi connectivity index (χ2v) is 14.6. The third kappa shape index (κ3) is 7.46. The maximum Gasteiger partial charge on any atom is 0.407 e. The quantitative estimate of drug-likeness (QED) is 0.243. The van der Waals surface area contributed by atoms with Crippen LogP contribution < -0.4 is 5.32 Å². The van der Waals surface area contributed by atoms with Gasteiger partial charge in [-0.2, -0.15) is 4.31 Å². The van der Waals surface area contributed by atoms with Crippen LogP contribution >= 0.6 is 31.9 Å². The number of carbonyl (C=O) groups is 1. The molecule has 234 valence electrons. The lowest BCUT2D eigenvalue weighted by molar-refractivity contribution is -0.0907. The van der Waals surface area contributed by atoms with Crippen LogP contribution in [-0.2, 0) is 36.0 Å². The van der Waals surface area contributed by atoms with Crippen LogP contribution in [0, 0.1) is 11.8 Å². The highest BCUT2D eigenvalue weighted by Crippen LogP contribution is 2.35. The summed E-state index contributed by atoms with van der Waals surface area (Å²) in [4.78, 5) is 13.2. The Morgan fingerprint density at radius 2 is 1.93 bits per heavy atom. The van der Waals surface area contributed by atoms with Crippen molar-refractivity contribution < 1.29 is 36.9 Å². The van der Waals surface area contributed by atoms with Gasteiger partial charge < -0.3 is 29.1 Å². The maximum atomic E-state index is 14.0. The van der Waals surface area contributed by atoms with Crippen LogP contribution in [0.5, 0.6) is 0 Å². The topological polar surface area (TPSA) is 128 Å². The number of amides is 1. The second kappa shape index (κ2) is 14.0. The fourth-order valence-corrected chi connectivity index (χ4v) is 8.68. The highest BCUT2D eigenvalue weighted by molar-refractivity contribution is 9.10. The van der Waals surface area contributed by atoms with Gasteiger partial charge in [0.05, 0.1) is 36.2 Å². The lowest BCUT2D eigenvalue weighted by atomic mass is 10.0. The minimum Gasteiger partial charge on any atom is -0.449 e. The van der Waals surface area contributed by atoms with E-state index in [1.807, 2.05) is 44.2 Å². The molecule has 2 N–H and O–H groups in total. The number of benzene rings is 2. The molecule has 5 rings (SSSR count). The Bertz CT molecular complexity index is 1520. The van der Waals surface area contributed by atoms with E-state index in [2.05, 4.69) is 37.2 Å². The molecule has 2 saturated heterocycles. The van der Waals surface area contributed by atoms with E-state index in [0.29, 0.717) is 27.6 Å². The van der Waals surface area contributed by atoms with Gasteiger partial charge in [0, 0.05) is 29.4 Å². The molecule has 3 aromatic rings. The first-order chi connectivity index (χ1) is 20.6. The molecule has 2 unspecified atom stereocenters. The van der Waals surface area contributed by atoms with Gasteiger partial charge in [-0.15, -0.1) is 0 Å². The lowest BCUT2D eigenvalue weighted by Crippen LogP contribution is -2.51. The number of alkyl carbamates (subject to hydrolysis) is 1. The summed E-state index contributed by atoms with van der Waals surface area (Å²) in [5.41, 5.74) is 2.23. The van der Waals surface area contributed by atoms with Crippen LogP contribution in [-0.4, -0.2) is 74.8 Å². The largest absolute Gasteiger partial charge is 0.449 e. The number of halogens is 2. The first-order valence-electron chi connectivity index (χ1n) is 14.3. The molecular weight excluding hydrogens is 708 g/mol. The Hall–Kier alpha value is -2.00. The van der Waals surface area contributed by atoms with Crippen LogP contribution in [0.25, 0.3) is 11.0 Å². The first kappa shape index (κ1) is 32.4. The van der Waals surface area contributed by atoms with Crippen molar-refractivity contribution in [3.8, 4) is 0 Å². The highest BCUT2D eigenvalue weighted by atomic mass is 79.9. The Balaban J connectivity index is 1.37. The zero-order chi connectivity index (χ0) is 30.7. The van der Waals surface area contributed by atoms with Crippen molar-refractivity contribution in [1.82, 2.24) is 9.62 Å². The fourth-order valence-electron chi connectivity index (χ4n) is 5.57. The number of nitrogens with one attached hydrogen (secondary N) is 1. The summed E-state index contributed by atoms with van der Waals surface area (Å²) in [6.45, 7) is 4.55. The van der Waals surface area contributed by atoms with Crippen LogP contribution in [0.4, 0.5) is 4.79 Å². The van der Waals surface area contributed by atoms with Gasteiger partial charge in [-0.05, 0) is 58.5 Å². The van der Waals surface area contributed by atoms with Gasteiger partial charge in [-0.3, -0.25) is 0 Å². The number of aliphatic hydroxyl groups is 1. The van der Waals surface area contributed by atoms with Gasteiger partial charge in [0.1, 0.15) is 11.7 Å². The molecule has 2 aromatic carbocycles. The minimum absolute atomic E-state index is 0.0266. The van der Waals surface area contributed by atoms with Crippen LogP contribution in [0.3, 0.4) is 0 Å². The van der Waals surface area contributed by atoms with Gasteiger partial charge in [0.25, 0.3) is 0 Å². The van der Waals surface area contributed by atoms with E-state index in [1.165, 1.54) is 10.4 Å². The molecular formula is C30H36Br2N2O8S. The number of rotatable bonds is 12. The molecule has 0 radical (unpaired) electrons. The molecule has 2 aliphatic rings. The second-order valence-electron chi connectivity index (χ2n) is 11.3. The van der Waals surface area contributed by atoms with Crippen molar-refractivity contribution >= 4 is 58.9 Å². The zero-order valence-corrected chi connectivity index (χ0v) is 27.9. The molecule has 1 amide bonds. The number of hydrogen-bond acceptors (Lipinski definition) is 8. The molecule has 43 heavy (non-hydrogen) atoms. The molecule has 0 bridgehead atoms. The Morgan fingerprint density at radius 1 is 1.16 bits per heavy atom. The fraction of sp³-hybridized carbons (Fsp3) is 0.500. The summed E-state index contributed by atoms with van der Waals surface area (Å²) in [6.07, 6.45) is -1.76. The SMILES string of the molecule is CC(C)CN(C[C@@H](O)[C@H](Cc1ccccc1)NC(=O)O[C@H]1COC2OCCC21)S(=O)(=O)c1ccc2oc(Br)c(CBr)c2c1. The Morgan fingerprint density at radius 3 is 2.65 bits per heavy atom. The van der Waals surface area contributed by atoms with Gasteiger partial charge in [-0.25, -0.2) is 13.2 Å². The van der Waals surface area contributed by atoms with E-state index in [-0.39, 0.29) is 49.1 Å². The molecule has 10 nitrogen and oxygen atoms in total. The number of aliphatic hydroxyl groups excluding tert-OH is 1. The normalized spacial score (nSPS) is 21.8. The number of ether oxygens (including phenoxy) is 3. The predicted molar refractivity (Wildman–Crippen MR) is 167 cm³/mol. The zero-order valence-electron chi connectivity index (χ0n) is 23.9. The number of sulfonamides is 1. The maximum absolute atomic E-state index is 14.0. The highest BCUT2D eigenvalue weighted by Gasteiger charge is 2.44. The molecule has 0 aliphatic carbocycles. The van der Waals surface area contributed by atoms with Crippen molar-refractivity contribution in [2.24, 2.45) is 11.8 Å². The van der Waals surface area contributed by atoms with Gasteiger partial charge in [0.2, 0.25) is 10.0 Å². The van der Waals surface area contributed by atoms with E-state index >= 15 is 0 Å². The van der Waals surface area contributed by atoms with Crippen molar-refractivity contribution in [3.63, 3.8) is 0 Å². The molecule has 3 heterocycles. The predicted octanol–water partition coefficient (Wildman–Crippen LogP) is 5.20. The van der Waals surface area contributed by atoms with Gasteiger partial charge >= 0.3 is 6.09 Å². The standard InChI is InChI=1S/C30H36Br2N2O8S/c1-18(2)15-34(43(37,38)20-8-9-26-22(13-20)23(14-31)28(32)41-26)16-25(35)24(12-19-6-4-3-5-7-19)33-30(36)42-27-17-40-29-21(27)10-11-39-29/h3-9,13,18,21,24-25,27,29,35H,10-12,14-17H2,1-2H3,(H,33,36)/t21?,24-,25+,27-,29?/m0/s1. The molecule has 13 heteroatoms. The van der Waals surface area contributed by atoms with E-state index in [9.17, 15) is 18.3 Å². The third-order valence-corrected chi connectivity index (χ3v) is 10.8. The van der Waals surface area contributed by atoms with Crippen molar-refractivity contribution in [3.05, 3.63) is 64.3 Å². The smallest absolute Gasteiger partial charge is 0.407 e. The number of nitrogens with zero attached hydrogens (tertiary/aromatic N) is 1. The van der Waals surface area contributed by atoms with Crippen LogP contribution in [0.1, 0.15) is 31.4 Å². The number of alkyl halides is 1. The monoisotopic (exact) mass is 742 g/mol. The molecule has 2 fully saturated rings. The lowest BCUT2D eigenvalue weighted by Gasteiger charge is -2.31. The van der Waals surface area contributed by atoms with Gasteiger partial charge in [-0.1, -0.05) is 60.1 Å². The van der Waals surface area contributed by atoms with Crippen LogP contribution in [0.2, 0.25) is 0 Å². The Labute approximate surface area is 268 Å². The first-order valence-corrected chi connectivity index (χ1v) is 17.6. The molecule has 1 aromatic heterocycles. The number of carbonyl (C=O) groups excluding carboxylic acids is 1. The van der Waals surface area contributed by atoms with Crippen molar-refractivity contribution in [2.45, 2.75) is 61.5 Å². The third-order valence-electron chi connectivity index (χ3n) is 7.75. The van der Waals surface area contributed by atoms with Gasteiger partial charge in [0.15, 0.2) is 11.0 Å². The molecule has 0 spiro atoms. The minimum atomic E-state index is -4.04. The number of hydrogen-bond donors (Lipinski definition) is 2. The summed E-state index contributed by atoms with van der Waals surface area (Å²) >= 11 is 6.84. The molecule has 0 saturated carbocycles. The van der Waals surface area contributed by atoms with Crippen LogP contribution in [0.15, 0.2) is 62.5 Å². The number of furan rings is 1. The summed E-state index contributed by atoms with van der Waals surface area (Å²) in [6, 6.07) is 13.3. The van der Waals surface area contributed by atoms with E-state index in [1.54, 1.807) is 12.1 Å². The average molecular weight is 744 g/mol. The average Bonchev–Trinajstić information content (AvgIpc) is 3.67. The summed E-state index contributed by atoms with van der Waals surface area (Å²) in [5.74, 6) is -0.0607. The summed E-state index contributed by atoms with van der Waals surface area (Å²) in [7, 11) is -4.04. The molecule has 2 aliphatic heterocycles. The Kier molecular flexibility index (Phi) is 10.5.